The SMILES string of the molecule is COc1ccc([C@H](C)NC(=O)CCCc2nc(-c3cc4ccc(C)cc4[nH]c3=O)no2)cc1. The number of rotatable bonds is 8. The van der Waals surface area contributed by atoms with Crippen molar-refractivity contribution in [3.05, 3.63) is 75.9 Å². The highest BCUT2D eigenvalue weighted by Gasteiger charge is 2.15. The van der Waals surface area contributed by atoms with Gasteiger partial charge in [0, 0.05) is 18.4 Å². The second-order valence-electron chi connectivity index (χ2n) is 8.03. The molecule has 0 saturated heterocycles. The molecule has 0 spiro atoms. The molecule has 0 aliphatic rings. The van der Waals surface area contributed by atoms with Crippen LogP contribution in [-0.4, -0.2) is 28.1 Å². The zero-order valence-electron chi connectivity index (χ0n) is 18.8. The number of methoxy groups -OCH3 is 1. The van der Waals surface area contributed by atoms with Gasteiger partial charge < -0.3 is 19.6 Å². The number of aromatic nitrogens is 3. The standard InChI is InChI=1S/C25H26N4O4/c1-15-7-8-18-14-20(25(31)27-21(18)13-15)24-28-23(33-29-24)6-4-5-22(30)26-16(2)17-9-11-19(32-3)12-10-17/h7-14,16H,4-6H2,1-3H3,(H,26,30)(H,27,31)/t16-/m0/s1. The summed E-state index contributed by atoms with van der Waals surface area (Å²) in [7, 11) is 1.62. The summed E-state index contributed by atoms with van der Waals surface area (Å²) in [6, 6.07) is 15.1. The first kappa shape index (κ1) is 22.3. The van der Waals surface area contributed by atoms with Gasteiger partial charge in [-0.15, -0.1) is 0 Å². The third-order valence-corrected chi connectivity index (χ3v) is 5.50. The molecule has 1 amide bonds. The van der Waals surface area contributed by atoms with Crippen molar-refractivity contribution in [3.63, 3.8) is 0 Å². The van der Waals surface area contributed by atoms with Crippen LogP contribution in [0.1, 0.15) is 42.8 Å². The molecule has 0 bridgehead atoms. The van der Waals surface area contributed by atoms with Crippen LogP contribution in [0.3, 0.4) is 0 Å². The van der Waals surface area contributed by atoms with Crippen LogP contribution in [-0.2, 0) is 11.2 Å². The number of ether oxygens (including phenoxy) is 1. The second-order valence-corrected chi connectivity index (χ2v) is 8.03. The molecule has 2 N–H and O–H groups in total. The van der Waals surface area contributed by atoms with Gasteiger partial charge >= 0.3 is 0 Å². The van der Waals surface area contributed by atoms with E-state index in [4.69, 9.17) is 9.26 Å². The summed E-state index contributed by atoms with van der Waals surface area (Å²) >= 11 is 0. The van der Waals surface area contributed by atoms with E-state index in [0.29, 0.717) is 30.7 Å². The Morgan fingerprint density at radius 1 is 1.18 bits per heavy atom. The fraction of sp³-hybridized carbons (Fsp3) is 0.280. The number of aromatic amines is 1. The summed E-state index contributed by atoms with van der Waals surface area (Å²) in [6.45, 7) is 3.91. The lowest BCUT2D eigenvalue weighted by Crippen LogP contribution is -2.26. The van der Waals surface area contributed by atoms with Crippen molar-refractivity contribution in [1.82, 2.24) is 20.4 Å². The third kappa shape index (κ3) is 5.28. The molecule has 0 saturated carbocycles. The smallest absolute Gasteiger partial charge is 0.259 e. The molecule has 4 rings (SSSR count). The zero-order chi connectivity index (χ0) is 23.4. The van der Waals surface area contributed by atoms with E-state index in [0.717, 1.165) is 27.8 Å². The summed E-state index contributed by atoms with van der Waals surface area (Å²) < 4.78 is 10.5. The molecule has 4 aromatic rings. The van der Waals surface area contributed by atoms with Crippen molar-refractivity contribution in [3.8, 4) is 17.1 Å². The van der Waals surface area contributed by atoms with E-state index in [9.17, 15) is 9.59 Å². The predicted molar refractivity (Wildman–Crippen MR) is 125 cm³/mol. The molecule has 0 radical (unpaired) electrons. The first-order valence-electron chi connectivity index (χ1n) is 10.8. The number of aryl methyl sites for hydroxylation is 2. The maximum absolute atomic E-state index is 12.5. The highest BCUT2D eigenvalue weighted by molar-refractivity contribution is 5.82. The van der Waals surface area contributed by atoms with Crippen molar-refractivity contribution < 1.29 is 14.1 Å². The Hall–Kier alpha value is -3.94. The molecule has 8 heteroatoms. The molecule has 0 unspecified atom stereocenters. The highest BCUT2D eigenvalue weighted by atomic mass is 16.5. The van der Waals surface area contributed by atoms with Crippen molar-refractivity contribution in [2.45, 2.75) is 39.2 Å². The maximum atomic E-state index is 12.5. The lowest BCUT2D eigenvalue weighted by Gasteiger charge is -2.14. The number of fused-ring (bicyclic) bond motifs is 1. The van der Waals surface area contributed by atoms with E-state index in [-0.39, 0.29) is 23.3 Å². The van der Waals surface area contributed by atoms with Gasteiger partial charge in [-0.05, 0) is 61.0 Å². The Bertz CT molecular complexity index is 1320. The van der Waals surface area contributed by atoms with Gasteiger partial charge in [0.2, 0.25) is 17.6 Å². The second kappa shape index (κ2) is 9.68. The molecule has 8 nitrogen and oxygen atoms in total. The van der Waals surface area contributed by atoms with Gasteiger partial charge in [-0.2, -0.15) is 4.98 Å². The summed E-state index contributed by atoms with van der Waals surface area (Å²) in [4.78, 5) is 32.0. The monoisotopic (exact) mass is 446 g/mol. The molecule has 0 fully saturated rings. The van der Waals surface area contributed by atoms with Gasteiger partial charge in [-0.3, -0.25) is 9.59 Å². The fourth-order valence-electron chi connectivity index (χ4n) is 3.64. The van der Waals surface area contributed by atoms with Crippen LogP contribution in [0.4, 0.5) is 0 Å². The van der Waals surface area contributed by atoms with E-state index in [1.165, 1.54) is 0 Å². The van der Waals surface area contributed by atoms with Crippen molar-refractivity contribution in [2.75, 3.05) is 7.11 Å². The number of H-pyrrole nitrogens is 1. The van der Waals surface area contributed by atoms with Gasteiger partial charge in [0.25, 0.3) is 5.56 Å². The summed E-state index contributed by atoms with van der Waals surface area (Å²) in [6.07, 6.45) is 1.33. The molecule has 2 aromatic heterocycles. The molecule has 0 aliphatic heterocycles. The quantitative estimate of drug-likeness (QED) is 0.422. The Labute approximate surface area is 191 Å². The van der Waals surface area contributed by atoms with Crippen LogP contribution in [0.5, 0.6) is 5.75 Å². The molecular weight excluding hydrogens is 420 g/mol. The number of nitrogens with one attached hydrogen (secondary N) is 2. The van der Waals surface area contributed by atoms with E-state index in [1.54, 1.807) is 13.2 Å². The van der Waals surface area contributed by atoms with Crippen molar-refractivity contribution in [1.29, 1.82) is 0 Å². The van der Waals surface area contributed by atoms with Crippen LogP contribution in [0.2, 0.25) is 0 Å². The van der Waals surface area contributed by atoms with Crippen molar-refractivity contribution >= 4 is 16.8 Å². The number of hydrogen-bond donors (Lipinski definition) is 2. The van der Waals surface area contributed by atoms with Gasteiger partial charge in [-0.1, -0.05) is 29.4 Å². The lowest BCUT2D eigenvalue weighted by molar-refractivity contribution is -0.121. The summed E-state index contributed by atoms with van der Waals surface area (Å²) in [5, 5.41) is 7.83. The van der Waals surface area contributed by atoms with E-state index < -0.39 is 0 Å². The Balaban J connectivity index is 1.33. The average Bonchev–Trinajstić information content (AvgIpc) is 3.27. The number of nitrogens with zero attached hydrogens (tertiary/aromatic N) is 2. The third-order valence-electron chi connectivity index (χ3n) is 5.50. The van der Waals surface area contributed by atoms with Crippen LogP contribution >= 0.6 is 0 Å². The number of carbonyl (C=O) groups is 1. The first-order valence-corrected chi connectivity index (χ1v) is 10.8. The minimum atomic E-state index is -0.271. The van der Waals surface area contributed by atoms with Gasteiger partial charge in [0.05, 0.1) is 18.7 Å². The van der Waals surface area contributed by atoms with Gasteiger partial charge in [0.1, 0.15) is 5.75 Å². The lowest BCUT2D eigenvalue weighted by atomic mass is 10.1. The first-order chi connectivity index (χ1) is 15.9. The minimum absolute atomic E-state index is 0.0562. The number of carbonyl (C=O) groups excluding carboxylic acids is 1. The minimum Gasteiger partial charge on any atom is -0.497 e. The fourth-order valence-corrected chi connectivity index (χ4v) is 3.64. The summed E-state index contributed by atoms with van der Waals surface area (Å²) in [5.74, 6) is 1.35. The Morgan fingerprint density at radius 3 is 2.73 bits per heavy atom. The number of amides is 1. The van der Waals surface area contributed by atoms with Gasteiger partial charge in [-0.25, -0.2) is 0 Å². The largest absolute Gasteiger partial charge is 0.497 e. The zero-order valence-corrected chi connectivity index (χ0v) is 18.8. The van der Waals surface area contributed by atoms with Crippen LogP contribution in [0.15, 0.2) is 57.8 Å². The van der Waals surface area contributed by atoms with E-state index in [1.807, 2.05) is 56.3 Å². The van der Waals surface area contributed by atoms with Gasteiger partial charge in [0.15, 0.2) is 0 Å². The molecule has 33 heavy (non-hydrogen) atoms. The molecule has 2 heterocycles. The number of benzene rings is 2. The summed E-state index contributed by atoms with van der Waals surface area (Å²) in [5.41, 5.74) is 2.92. The van der Waals surface area contributed by atoms with Crippen LogP contribution < -0.4 is 15.6 Å². The molecule has 1 atom stereocenters. The normalized spacial score (nSPS) is 12.0. The predicted octanol–water partition coefficient (Wildman–Crippen LogP) is 4.10. The van der Waals surface area contributed by atoms with E-state index in [2.05, 4.69) is 20.4 Å². The Kier molecular flexibility index (Phi) is 6.53. The number of hydrogen-bond acceptors (Lipinski definition) is 6. The van der Waals surface area contributed by atoms with E-state index >= 15 is 0 Å². The molecular formula is C25H26N4O4. The maximum Gasteiger partial charge on any atom is 0.259 e. The van der Waals surface area contributed by atoms with Crippen LogP contribution in [0, 0.1) is 6.92 Å². The van der Waals surface area contributed by atoms with Crippen molar-refractivity contribution in [2.24, 2.45) is 0 Å². The molecule has 170 valence electrons. The topological polar surface area (TPSA) is 110 Å². The average molecular weight is 447 g/mol. The Morgan fingerprint density at radius 2 is 1.97 bits per heavy atom. The highest BCUT2D eigenvalue weighted by Crippen LogP contribution is 2.20. The molecule has 0 aliphatic carbocycles. The molecule has 2 aromatic carbocycles. The van der Waals surface area contributed by atoms with Crippen LogP contribution in [0.25, 0.3) is 22.3 Å². The number of pyridine rings is 1.